The minimum Gasteiger partial charge on any atom is -0.262 e. The van der Waals surface area contributed by atoms with E-state index >= 15 is 0 Å². The molecule has 0 aromatic heterocycles. The second-order valence-electron chi connectivity index (χ2n) is 5.65. The zero-order valence-corrected chi connectivity index (χ0v) is 15.1. The summed E-state index contributed by atoms with van der Waals surface area (Å²) in [7, 11) is -7.12. The Morgan fingerprint density at radius 3 is 2.17 bits per heavy atom. The lowest BCUT2D eigenvalue weighted by molar-refractivity contribution is 0.580. The first kappa shape index (κ1) is 17.3. The molecule has 1 unspecified atom stereocenters. The lowest BCUT2D eigenvalue weighted by Gasteiger charge is -2.29. The summed E-state index contributed by atoms with van der Waals surface area (Å²) in [6, 6.07) is 13.8. The van der Waals surface area contributed by atoms with Crippen molar-refractivity contribution in [1.29, 1.82) is 0 Å². The highest BCUT2D eigenvalue weighted by molar-refractivity contribution is 7.93. The number of sulfone groups is 1. The van der Waals surface area contributed by atoms with Crippen LogP contribution in [0, 0.1) is 0 Å². The van der Waals surface area contributed by atoms with Crippen LogP contribution >= 0.6 is 11.6 Å². The summed E-state index contributed by atoms with van der Waals surface area (Å²) in [5.41, 5.74) is 0.453. The van der Waals surface area contributed by atoms with Gasteiger partial charge in [0.2, 0.25) is 0 Å². The van der Waals surface area contributed by atoms with E-state index in [1.54, 1.807) is 30.3 Å². The summed E-state index contributed by atoms with van der Waals surface area (Å²) < 4.78 is 51.2. The van der Waals surface area contributed by atoms with Crippen LogP contribution in [-0.2, 0) is 19.9 Å². The van der Waals surface area contributed by atoms with E-state index in [1.807, 2.05) is 0 Å². The molecule has 3 rings (SSSR count). The van der Waals surface area contributed by atoms with Crippen LogP contribution in [0.3, 0.4) is 0 Å². The zero-order valence-electron chi connectivity index (χ0n) is 12.7. The molecule has 8 heteroatoms. The van der Waals surface area contributed by atoms with Gasteiger partial charge < -0.3 is 0 Å². The number of rotatable bonds is 4. The van der Waals surface area contributed by atoms with E-state index in [2.05, 4.69) is 0 Å². The van der Waals surface area contributed by atoms with Gasteiger partial charge in [0.25, 0.3) is 10.0 Å². The lowest BCUT2D eigenvalue weighted by atomic mass is 10.2. The Hall–Kier alpha value is -1.57. The van der Waals surface area contributed by atoms with E-state index in [4.69, 9.17) is 11.6 Å². The van der Waals surface area contributed by atoms with Gasteiger partial charge in [-0.2, -0.15) is 0 Å². The first-order valence-electron chi connectivity index (χ1n) is 7.35. The van der Waals surface area contributed by atoms with Gasteiger partial charge in [0.15, 0.2) is 9.84 Å². The molecule has 0 amide bonds. The Balaban J connectivity index is 2.09. The van der Waals surface area contributed by atoms with Crippen molar-refractivity contribution in [3.63, 3.8) is 0 Å². The first-order valence-corrected chi connectivity index (χ1v) is 11.0. The van der Waals surface area contributed by atoms with E-state index in [0.29, 0.717) is 10.7 Å². The van der Waals surface area contributed by atoms with Crippen LogP contribution in [0.5, 0.6) is 0 Å². The SMILES string of the molecule is O=S1(=O)CCC(N(c2ccccc2)S(=O)(=O)c2ccc(Cl)cc2)C1. The van der Waals surface area contributed by atoms with Crippen molar-refractivity contribution in [2.24, 2.45) is 0 Å². The second kappa shape index (κ2) is 6.38. The quantitative estimate of drug-likeness (QED) is 0.811. The van der Waals surface area contributed by atoms with Crippen LogP contribution in [0.25, 0.3) is 0 Å². The number of hydrogen-bond acceptors (Lipinski definition) is 4. The molecular formula is C16H16ClNO4S2. The molecule has 0 N–H and O–H groups in total. The van der Waals surface area contributed by atoms with Gasteiger partial charge in [-0.15, -0.1) is 0 Å². The highest BCUT2D eigenvalue weighted by atomic mass is 35.5. The highest BCUT2D eigenvalue weighted by Crippen LogP contribution is 2.31. The van der Waals surface area contributed by atoms with Crippen LogP contribution in [0.15, 0.2) is 59.5 Å². The Morgan fingerprint density at radius 2 is 1.62 bits per heavy atom. The summed E-state index contributed by atoms with van der Waals surface area (Å²) in [6.45, 7) is 0. The molecule has 0 spiro atoms. The number of halogens is 1. The van der Waals surface area contributed by atoms with Crippen LogP contribution in [-0.4, -0.2) is 34.4 Å². The number of hydrogen-bond donors (Lipinski definition) is 0. The first-order chi connectivity index (χ1) is 11.3. The average molecular weight is 386 g/mol. The molecule has 1 saturated heterocycles. The van der Waals surface area contributed by atoms with Crippen molar-refractivity contribution >= 4 is 37.1 Å². The zero-order chi connectivity index (χ0) is 17.4. The molecule has 1 aliphatic rings. The number of anilines is 1. The van der Waals surface area contributed by atoms with Crippen molar-refractivity contribution in [3.8, 4) is 0 Å². The maximum Gasteiger partial charge on any atom is 0.264 e. The maximum atomic E-state index is 13.1. The molecule has 24 heavy (non-hydrogen) atoms. The van der Waals surface area contributed by atoms with Gasteiger partial charge in [0.05, 0.1) is 28.1 Å². The molecular weight excluding hydrogens is 370 g/mol. The van der Waals surface area contributed by atoms with E-state index in [9.17, 15) is 16.8 Å². The van der Waals surface area contributed by atoms with Crippen LogP contribution in [0.1, 0.15) is 6.42 Å². The Bertz CT molecular complexity index is 926. The van der Waals surface area contributed by atoms with E-state index in [-0.39, 0.29) is 22.8 Å². The smallest absolute Gasteiger partial charge is 0.262 e. The third kappa shape index (κ3) is 3.43. The normalized spacial score (nSPS) is 20.0. The van der Waals surface area contributed by atoms with E-state index in [0.717, 1.165) is 0 Å². The Kier molecular flexibility index (Phi) is 4.59. The van der Waals surface area contributed by atoms with Gasteiger partial charge >= 0.3 is 0 Å². The molecule has 1 atom stereocenters. The molecule has 2 aromatic carbocycles. The standard InChI is InChI=1S/C16H16ClNO4S2/c17-13-6-8-16(9-7-13)24(21,22)18(14-4-2-1-3-5-14)15-10-11-23(19,20)12-15/h1-9,15H,10-12H2. The molecule has 5 nitrogen and oxygen atoms in total. The molecule has 2 aromatic rings. The Morgan fingerprint density at radius 1 is 1.00 bits per heavy atom. The molecule has 128 valence electrons. The summed E-state index contributed by atoms with van der Waals surface area (Å²) in [5, 5.41) is 0.434. The van der Waals surface area contributed by atoms with Crippen LogP contribution < -0.4 is 4.31 Å². The second-order valence-corrected chi connectivity index (χ2v) is 10.1. The van der Waals surface area contributed by atoms with Crippen LogP contribution in [0.4, 0.5) is 5.69 Å². The van der Waals surface area contributed by atoms with Gasteiger partial charge in [-0.1, -0.05) is 29.8 Å². The molecule has 1 heterocycles. The fourth-order valence-electron chi connectivity index (χ4n) is 2.80. The fraction of sp³-hybridized carbons (Fsp3) is 0.250. The molecule has 0 aliphatic carbocycles. The van der Waals surface area contributed by atoms with Crippen molar-refractivity contribution in [2.75, 3.05) is 15.8 Å². The minimum absolute atomic E-state index is 0.00284. The number of nitrogens with zero attached hydrogens (tertiary/aromatic N) is 1. The van der Waals surface area contributed by atoms with E-state index < -0.39 is 25.9 Å². The lowest BCUT2D eigenvalue weighted by Crippen LogP contribution is -2.41. The topological polar surface area (TPSA) is 71.5 Å². The molecule has 1 aliphatic heterocycles. The maximum absolute atomic E-state index is 13.1. The summed E-state index contributed by atoms with van der Waals surface area (Å²) in [6.07, 6.45) is 0.282. The van der Waals surface area contributed by atoms with Gasteiger partial charge in [0.1, 0.15) is 0 Å². The van der Waals surface area contributed by atoms with E-state index in [1.165, 1.54) is 28.6 Å². The van der Waals surface area contributed by atoms with Crippen molar-refractivity contribution in [1.82, 2.24) is 0 Å². The predicted octanol–water partition coefficient (Wildman–Crippen LogP) is 2.72. The summed E-state index contributed by atoms with van der Waals surface area (Å²) in [4.78, 5) is 0.0834. The number of benzene rings is 2. The van der Waals surface area contributed by atoms with Gasteiger partial charge in [-0.3, -0.25) is 4.31 Å². The minimum atomic E-state index is -3.89. The summed E-state index contributed by atoms with van der Waals surface area (Å²) >= 11 is 5.84. The number of sulfonamides is 1. The molecule has 1 fully saturated rings. The van der Waals surface area contributed by atoms with Gasteiger partial charge in [-0.25, -0.2) is 16.8 Å². The third-order valence-corrected chi connectivity index (χ3v) is 7.82. The average Bonchev–Trinajstić information content (AvgIpc) is 2.88. The van der Waals surface area contributed by atoms with Gasteiger partial charge in [-0.05, 0) is 42.8 Å². The highest BCUT2D eigenvalue weighted by Gasteiger charge is 2.38. The Labute approximate surface area is 146 Å². The predicted molar refractivity (Wildman–Crippen MR) is 94.6 cm³/mol. The van der Waals surface area contributed by atoms with Crippen molar-refractivity contribution in [3.05, 3.63) is 59.6 Å². The molecule has 0 radical (unpaired) electrons. The van der Waals surface area contributed by atoms with Crippen molar-refractivity contribution < 1.29 is 16.8 Å². The van der Waals surface area contributed by atoms with Gasteiger partial charge in [0, 0.05) is 5.02 Å². The monoisotopic (exact) mass is 385 g/mol. The van der Waals surface area contributed by atoms with Crippen LogP contribution in [0.2, 0.25) is 5.02 Å². The fourth-order valence-corrected chi connectivity index (χ4v) is 6.40. The molecule has 0 bridgehead atoms. The van der Waals surface area contributed by atoms with Crippen molar-refractivity contribution in [2.45, 2.75) is 17.4 Å². The molecule has 0 saturated carbocycles. The summed E-state index contributed by atoms with van der Waals surface area (Å²) in [5.74, 6) is -0.175. The number of para-hydroxylation sites is 1. The largest absolute Gasteiger partial charge is 0.264 e. The third-order valence-electron chi connectivity index (χ3n) is 3.92.